The van der Waals surface area contributed by atoms with Gasteiger partial charge in [-0.15, -0.1) is 0 Å². The van der Waals surface area contributed by atoms with Gasteiger partial charge in [0.1, 0.15) is 0 Å². The van der Waals surface area contributed by atoms with Crippen LogP contribution in [0.5, 0.6) is 0 Å². The van der Waals surface area contributed by atoms with Gasteiger partial charge in [0.25, 0.3) is 0 Å². The predicted octanol–water partition coefficient (Wildman–Crippen LogP) is 1.12. The predicted molar refractivity (Wildman–Crippen MR) is 72.9 cm³/mol. The van der Waals surface area contributed by atoms with Crippen LogP contribution in [0.15, 0.2) is 0 Å². The third-order valence-electron chi connectivity index (χ3n) is 4.14. The summed E-state index contributed by atoms with van der Waals surface area (Å²) in [6.07, 6.45) is 3.60. The second-order valence-electron chi connectivity index (χ2n) is 5.68. The van der Waals surface area contributed by atoms with Crippen LogP contribution < -0.4 is 5.32 Å². The standard InChI is InChI=1S/C14H28N2O2/c1-2-5-15-12-14(3-8-17-9-4-14)13-16-6-10-18-11-7-16/h15H,2-13H2,1H3. The summed E-state index contributed by atoms with van der Waals surface area (Å²) in [6, 6.07) is 0. The fourth-order valence-corrected chi connectivity index (χ4v) is 2.96. The van der Waals surface area contributed by atoms with Crippen LogP contribution in [0.25, 0.3) is 0 Å². The van der Waals surface area contributed by atoms with Crippen molar-refractivity contribution in [3.8, 4) is 0 Å². The molecule has 2 aliphatic rings. The molecule has 0 saturated carbocycles. The molecule has 2 heterocycles. The quantitative estimate of drug-likeness (QED) is 0.722. The maximum absolute atomic E-state index is 5.55. The van der Waals surface area contributed by atoms with E-state index in [0.717, 1.165) is 52.6 Å². The van der Waals surface area contributed by atoms with Gasteiger partial charge in [0.05, 0.1) is 13.2 Å². The van der Waals surface area contributed by atoms with E-state index in [1.165, 1.54) is 25.8 Å². The molecule has 0 aromatic carbocycles. The van der Waals surface area contributed by atoms with E-state index in [1.807, 2.05) is 0 Å². The minimum absolute atomic E-state index is 0.421. The maximum atomic E-state index is 5.55. The SMILES string of the molecule is CCCNCC1(CN2CCOCC2)CCOCC1. The summed E-state index contributed by atoms with van der Waals surface area (Å²) in [7, 11) is 0. The van der Waals surface area contributed by atoms with E-state index >= 15 is 0 Å². The Balaban J connectivity index is 1.85. The summed E-state index contributed by atoms with van der Waals surface area (Å²) in [5, 5.41) is 3.62. The van der Waals surface area contributed by atoms with Crippen LogP contribution >= 0.6 is 0 Å². The first-order valence-corrected chi connectivity index (χ1v) is 7.43. The van der Waals surface area contributed by atoms with Gasteiger partial charge in [-0.25, -0.2) is 0 Å². The van der Waals surface area contributed by atoms with Crippen LogP contribution in [0.2, 0.25) is 0 Å². The summed E-state index contributed by atoms with van der Waals surface area (Å²) in [5.74, 6) is 0. The Kier molecular flexibility index (Phi) is 5.89. The Morgan fingerprint density at radius 3 is 2.39 bits per heavy atom. The van der Waals surface area contributed by atoms with Crippen molar-refractivity contribution in [3.63, 3.8) is 0 Å². The lowest BCUT2D eigenvalue weighted by Gasteiger charge is -2.42. The maximum Gasteiger partial charge on any atom is 0.0594 e. The van der Waals surface area contributed by atoms with Gasteiger partial charge in [-0.3, -0.25) is 4.90 Å². The van der Waals surface area contributed by atoms with Crippen molar-refractivity contribution in [2.75, 3.05) is 59.2 Å². The van der Waals surface area contributed by atoms with Crippen molar-refractivity contribution in [2.45, 2.75) is 26.2 Å². The number of nitrogens with zero attached hydrogens (tertiary/aromatic N) is 1. The second-order valence-corrected chi connectivity index (χ2v) is 5.68. The van der Waals surface area contributed by atoms with Crippen molar-refractivity contribution >= 4 is 0 Å². The lowest BCUT2D eigenvalue weighted by Crippen LogP contribution is -2.50. The van der Waals surface area contributed by atoms with Gasteiger partial charge in [0.15, 0.2) is 0 Å². The highest BCUT2D eigenvalue weighted by molar-refractivity contribution is 4.87. The summed E-state index contributed by atoms with van der Waals surface area (Å²) in [5.41, 5.74) is 0.421. The smallest absolute Gasteiger partial charge is 0.0594 e. The van der Waals surface area contributed by atoms with Crippen LogP contribution in [0, 0.1) is 5.41 Å². The minimum Gasteiger partial charge on any atom is -0.381 e. The molecule has 0 amide bonds. The van der Waals surface area contributed by atoms with Crippen LogP contribution in [0.4, 0.5) is 0 Å². The molecule has 0 spiro atoms. The molecule has 1 N–H and O–H groups in total. The minimum atomic E-state index is 0.421. The first kappa shape index (κ1) is 14.3. The number of rotatable bonds is 6. The largest absolute Gasteiger partial charge is 0.381 e. The molecule has 4 nitrogen and oxygen atoms in total. The van der Waals surface area contributed by atoms with E-state index in [0.29, 0.717) is 5.41 Å². The van der Waals surface area contributed by atoms with Crippen molar-refractivity contribution < 1.29 is 9.47 Å². The molecule has 0 unspecified atom stereocenters. The molecule has 4 heteroatoms. The van der Waals surface area contributed by atoms with Gasteiger partial charge >= 0.3 is 0 Å². The molecule has 0 aliphatic carbocycles. The lowest BCUT2D eigenvalue weighted by atomic mass is 9.79. The molecule has 2 aliphatic heterocycles. The summed E-state index contributed by atoms with van der Waals surface area (Å²) in [6.45, 7) is 11.5. The molecule has 0 atom stereocenters. The molecule has 106 valence electrons. The second kappa shape index (κ2) is 7.43. The van der Waals surface area contributed by atoms with E-state index in [4.69, 9.17) is 9.47 Å². The van der Waals surface area contributed by atoms with Crippen molar-refractivity contribution in [1.29, 1.82) is 0 Å². The van der Waals surface area contributed by atoms with Gasteiger partial charge in [0, 0.05) is 39.4 Å². The van der Waals surface area contributed by atoms with E-state index in [1.54, 1.807) is 0 Å². The Hall–Kier alpha value is -0.160. The molecule has 0 aromatic heterocycles. The third-order valence-corrected chi connectivity index (χ3v) is 4.14. The molecule has 0 bridgehead atoms. The first-order valence-electron chi connectivity index (χ1n) is 7.43. The Labute approximate surface area is 111 Å². The summed E-state index contributed by atoms with van der Waals surface area (Å²) >= 11 is 0. The van der Waals surface area contributed by atoms with Crippen LogP contribution in [0.1, 0.15) is 26.2 Å². The highest BCUT2D eigenvalue weighted by atomic mass is 16.5. The van der Waals surface area contributed by atoms with Gasteiger partial charge in [-0.1, -0.05) is 6.92 Å². The zero-order chi connectivity index (χ0) is 12.7. The number of hydrogen-bond donors (Lipinski definition) is 1. The lowest BCUT2D eigenvalue weighted by molar-refractivity contribution is -0.0287. The highest BCUT2D eigenvalue weighted by Crippen LogP contribution is 2.31. The first-order chi connectivity index (χ1) is 8.85. The van der Waals surface area contributed by atoms with E-state index in [2.05, 4.69) is 17.1 Å². The Morgan fingerprint density at radius 2 is 1.72 bits per heavy atom. The van der Waals surface area contributed by atoms with Crippen molar-refractivity contribution in [2.24, 2.45) is 5.41 Å². The molecule has 0 radical (unpaired) electrons. The third kappa shape index (κ3) is 4.19. The van der Waals surface area contributed by atoms with E-state index in [-0.39, 0.29) is 0 Å². The average Bonchev–Trinajstić information content (AvgIpc) is 2.41. The molecule has 18 heavy (non-hydrogen) atoms. The average molecular weight is 256 g/mol. The fourth-order valence-electron chi connectivity index (χ4n) is 2.96. The number of ether oxygens (including phenoxy) is 2. The molecule has 2 saturated heterocycles. The number of hydrogen-bond acceptors (Lipinski definition) is 4. The van der Waals surface area contributed by atoms with Crippen LogP contribution in [-0.4, -0.2) is 64.1 Å². The van der Waals surface area contributed by atoms with Crippen LogP contribution in [-0.2, 0) is 9.47 Å². The molecule has 2 fully saturated rings. The van der Waals surface area contributed by atoms with Crippen LogP contribution in [0.3, 0.4) is 0 Å². The molecular formula is C14H28N2O2. The summed E-state index contributed by atoms with van der Waals surface area (Å²) in [4.78, 5) is 2.57. The highest BCUT2D eigenvalue weighted by Gasteiger charge is 2.34. The number of nitrogens with one attached hydrogen (secondary N) is 1. The Bertz CT molecular complexity index is 224. The zero-order valence-electron chi connectivity index (χ0n) is 11.7. The summed E-state index contributed by atoms with van der Waals surface area (Å²) < 4.78 is 11.0. The topological polar surface area (TPSA) is 33.7 Å². The van der Waals surface area contributed by atoms with Crippen molar-refractivity contribution in [3.05, 3.63) is 0 Å². The Morgan fingerprint density at radius 1 is 1.06 bits per heavy atom. The van der Waals surface area contributed by atoms with Crippen molar-refractivity contribution in [1.82, 2.24) is 10.2 Å². The van der Waals surface area contributed by atoms with E-state index < -0.39 is 0 Å². The normalized spacial score (nSPS) is 25.2. The van der Waals surface area contributed by atoms with Gasteiger partial charge < -0.3 is 14.8 Å². The van der Waals surface area contributed by atoms with Gasteiger partial charge in [-0.05, 0) is 31.2 Å². The molecule has 2 rings (SSSR count). The number of morpholine rings is 1. The van der Waals surface area contributed by atoms with Gasteiger partial charge in [-0.2, -0.15) is 0 Å². The molecule has 0 aromatic rings. The zero-order valence-corrected chi connectivity index (χ0v) is 11.7. The monoisotopic (exact) mass is 256 g/mol. The fraction of sp³-hybridized carbons (Fsp3) is 1.00. The van der Waals surface area contributed by atoms with Gasteiger partial charge in [0.2, 0.25) is 0 Å². The molecular weight excluding hydrogens is 228 g/mol. The van der Waals surface area contributed by atoms with E-state index in [9.17, 15) is 0 Å².